The maximum Gasteiger partial charge on any atom is 0.117 e. The lowest BCUT2D eigenvalue weighted by Crippen LogP contribution is -1.99. The number of hydrogen-bond acceptors (Lipinski definition) is 2. The highest BCUT2D eigenvalue weighted by Crippen LogP contribution is 2.38. The van der Waals surface area contributed by atoms with Crippen LogP contribution in [-0.2, 0) is 0 Å². The van der Waals surface area contributed by atoms with Gasteiger partial charge in [-0.15, -0.1) is 11.3 Å². The summed E-state index contributed by atoms with van der Waals surface area (Å²) < 4.78 is 0.862. The lowest BCUT2D eigenvalue weighted by atomic mass is 10.1. The van der Waals surface area contributed by atoms with E-state index in [1.54, 1.807) is 18.2 Å². The first-order valence-electron chi connectivity index (χ1n) is 4.46. The first-order valence-corrected chi connectivity index (χ1v) is 6.89. The second-order valence-corrected chi connectivity index (χ2v) is 5.79. The Bertz CT molecular complexity index is 492. The van der Waals surface area contributed by atoms with Crippen LogP contribution >= 0.6 is 50.5 Å². The van der Waals surface area contributed by atoms with E-state index < -0.39 is 6.10 Å². The number of thiophene rings is 1. The normalized spacial score (nSPS) is 12.8. The monoisotopic (exact) mass is 336 g/mol. The van der Waals surface area contributed by atoms with Crippen LogP contribution in [0.15, 0.2) is 34.1 Å². The molecular weight excluding hydrogens is 331 g/mol. The summed E-state index contributed by atoms with van der Waals surface area (Å²) in [5.74, 6) is 0. The third-order valence-corrected chi connectivity index (χ3v) is 4.75. The van der Waals surface area contributed by atoms with Crippen molar-refractivity contribution >= 4 is 50.5 Å². The summed E-state index contributed by atoms with van der Waals surface area (Å²) in [7, 11) is 0. The molecule has 1 N–H and O–H groups in total. The number of rotatable bonds is 2. The number of aliphatic hydroxyl groups excluding tert-OH is 1. The molecule has 0 aliphatic carbocycles. The molecule has 1 aromatic heterocycles. The van der Waals surface area contributed by atoms with Crippen molar-refractivity contribution in [2.75, 3.05) is 0 Å². The molecule has 0 saturated carbocycles. The van der Waals surface area contributed by atoms with Gasteiger partial charge in [0.15, 0.2) is 0 Å². The van der Waals surface area contributed by atoms with Crippen molar-refractivity contribution in [2.45, 2.75) is 6.10 Å². The zero-order valence-electron chi connectivity index (χ0n) is 7.95. The first kappa shape index (κ1) is 12.4. The Morgan fingerprint density at radius 2 is 1.81 bits per heavy atom. The van der Waals surface area contributed by atoms with E-state index in [4.69, 9.17) is 23.2 Å². The van der Waals surface area contributed by atoms with Crippen LogP contribution in [0.3, 0.4) is 0 Å². The minimum absolute atomic E-state index is 0.473. The number of hydrogen-bond donors (Lipinski definition) is 1. The van der Waals surface area contributed by atoms with Crippen LogP contribution < -0.4 is 0 Å². The maximum absolute atomic E-state index is 10.2. The highest BCUT2D eigenvalue weighted by Gasteiger charge is 2.20. The van der Waals surface area contributed by atoms with Gasteiger partial charge in [0.05, 0.1) is 4.88 Å². The molecule has 84 valence electrons. The Hall–Kier alpha value is -0.0600. The molecule has 0 fully saturated rings. The third kappa shape index (κ3) is 2.29. The number of aliphatic hydroxyl groups is 1. The summed E-state index contributed by atoms with van der Waals surface area (Å²) in [6, 6.07) is 7.07. The van der Waals surface area contributed by atoms with Crippen LogP contribution in [0.5, 0.6) is 0 Å². The maximum atomic E-state index is 10.2. The third-order valence-electron chi connectivity index (χ3n) is 2.17. The molecule has 1 nitrogen and oxygen atoms in total. The van der Waals surface area contributed by atoms with Gasteiger partial charge in [-0.05, 0) is 39.5 Å². The van der Waals surface area contributed by atoms with Gasteiger partial charge in [0.2, 0.25) is 0 Å². The molecule has 1 unspecified atom stereocenters. The fraction of sp³-hybridized carbons (Fsp3) is 0.0909. The van der Waals surface area contributed by atoms with Gasteiger partial charge >= 0.3 is 0 Å². The van der Waals surface area contributed by atoms with Gasteiger partial charge in [-0.1, -0.05) is 29.3 Å². The van der Waals surface area contributed by atoms with Crippen molar-refractivity contribution in [2.24, 2.45) is 0 Å². The minimum atomic E-state index is -0.796. The molecular formula is C11H7BrCl2OS. The molecule has 5 heteroatoms. The highest BCUT2D eigenvalue weighted by atomic mass is 79.9. The Labute approximate surface area is 116 Å². The lowest BCUT2D eigenvalue weighted by molar-refractivity contribution is 0.223. The second-order valence-electron chi connectivity index (χ2n) is 3.17. The van der Waals surface area contributed by atoms with Crippen LogP contribution in [0, 0.1) is 0 Å². The summed E-state index contributed by atoms with van der Waals surface area (Å²) in [4.78, 5) is 0.801. The Morgan fingerprint density at radius 3 is 2.31 bits per heavy atom. The van der Waals surface area contributed by atoms with Gasteiger partial charge in [0, 0.05) is 20.1 Å². The van der Waals surface area contributed by atoms with Crippen molar-refractivity contribution in [1.29, 1.82) is 0 Å². The van der Waals surface area contributed by atoms with E-state index in [-0.39, 0.29) is 0 Å². The Morgan fingerprint density at radius 1 is 1.19 bits per heavy atom. The van der Waals surface area contributed by atoms with Gasteiger partial charge in [0.25, 0.3) is 0 Å². The lowest BCUT2D eigenvalue weighted by Gasteiger charge is -2.13. The second kappa shape index (κ2) is 5.07. The molecule has 0 spiro atoms. The van der Waals surface area contributed by atoms with Crippen LogP contribution in [0.25, 0.3) is 0 Å². The van der Waals surface area contributed by atoms with Crippen LogP contribution in [0.2, 0.25) is 10.0 Å². The van der Waals surface area contributed by atoms with E-state index >= 15 is 0 Å². The quantitative estimate of drug-likeness (QED) is 0.826. The molecule has 1 heterocycles. The summed E-state index contributed by atoms with van der Waals surface area (Å²) in [6.07, 6.45) is -0.796. The SMILES string of the molecule is OC(c1sccc1Br)c1c(Cl)cccc1Cl. The smallest absolute Gasteiger partial charge is 0.117 e. The standard InChI is InChI=1S/C11H7BrCl2OS/c12-6-4-5-16-11(6)10(15)9-7(13)2-1-3-8(9)14/h1-5,10,15H. The van der Waals surface area contributed by atoms with Gasteiger partial charge < -0.3 is 5.11 Å². The van der Waals surface area contributed by atoms with Gasteiger partial charge in [-0.2, -0.15) is 0 Å². The molecule has 2 aromatic rings. The Kier molecular flexibility index (Phi) is 3.93. The van der Waals surface area contributed by atoms with Crippen molar-refractivity contribution in [3.63, 3.8) is 0 Å². The topological polar surface area (TPSA) is 20.2 Å². The number of benzene rings is 1. The highest BCUT2D eigenvalue weighted by molar-refractivity contribution is 9.10. The zero-order valence-corrected chi connectivity index (χ0v) is 11.9. The molecule has 0 bridgehead atoms. The molecule has 1 aromatic carbocycles. The summed E-state index contributed by atoms with van der Waals surface area (Å²) in [6.45, 7) is 0. The molecule has 0 aliphatic heterocycles. The van der Waals surface area contributed by atoms with Gasteiger partial charge in [0.1, 0.15) is 6.10 Å². The summed E-state index contributed by atoms with van der Waals surface area (Å²) in [5.41, 5.74) is 0.550. The fourth-order valence-electron chi connectivity index (χ4n) is 1.40. The first-order chi connectivity index (χ1) is 7.61. The van der Waals surface area contributed by atoms with E-state index in [0.717, 1.165) is 9.35 Å². The van der Waals surface area contributed by atoms with E-state index in [1.807, 2.05) is 11.4 Å². The Balaban J connectivity index is 2.49. The van der Waals surface area contributed by atoms with Crippen molar-refractivity contribution in [3.05, 3.63) is 54.6 Å². The largest absolute Gasteiger partial charge is 0.383 e. The summed E-state index contributed by atoms with van der Waals surface area (Å²) >= 11 is 16.9. The van der Waals surface area contributed by atoms with E-state index in [2.05, 4.69) is 15.9 Å². The minimum Gasteiger partial charge on any atom is -0.383 e. The van der Waals surface area contributed by atoms with Crippen molar-refractivity contribution < 1.29 is 5.11 Å². The van der Waals surface area contributed by atoms with Crippen LogP contribution in [-0.4, -0.2) is 5.11 Å². The van der Waals surface area contributed by atoms with Crippen LogP contribution in [0.1, 0.15) is 16.5 Å². The predicted octanol–water partition coefficient (Wildman–Crippen LogP) is 4.90. The van der Waals surface area contributed by atoms with E-state index in [9.17, 15) is 5.11 Å². The molecule has 16 heavy (non-hydrogen) atoms. The van der Waals surface area contributed by atoms with Crippen molar-refractivity contribution in [3.8, 4) is 0 Å². The van der Waals surface area contributed by atoms with Crippen molar-refractivity contribution in [1.82, 2.24) is 0 Å². The zero-order chi connectivity index (χ0) is 11.7. The molecule has 0 saturated heterocycles. The fourth-order valence-corrected chi connectivity index (χ4v) is 3.59. The number of halogens is 3. The van der Waals surface area contributed by atoms with E-state index in [1.165, 1.54) is 11.3 Å². The molecule has 1 atom stereocenters. The van der Waals surface area contributed by atoms with Gasteiger partial charge in [-0.25, -0.2) is 0 Å². The van der Waals surface area contributed by atoms with E-state index in [0.29, 0.717) is 15.6 Å². The summed E-state index contributed by atoms with van der Waals surface area (Å²) in [5, 5.41) is 13.1. The predicted molar refractivity (Wildman–Crippen MR) is 72.5 cm³/mol. The molecule has 0 amide bonds. The van der Waals surface area contributed by atoms with Crippen LogP contribution in [0.4, 0.5) is 0 Å². The molecule has 0 aliphatic rings. The average molecular weight is 338 g/mol. The van der Waals surface area contributed by atoms with Gasteiger partial charge in [-0.3, -0.25) is 0 Å². The molecule has 0 radical (unpaired) electrons. The molecule has 2 rings (SSSR count). The average Bonchev–Trinajstić information content (AvgIpc) is 2.64.